The Bertz CT molecular complexity index is 1250. The van der Waals surface area contributed by atoms with Crippen molar-refractivity contribution < 1.29 is 4.79 Å². The van der Waals surface area contributed by atoms with Crippen LogP contribution >= 0.6 is 11.8 Å². The quantitative estimate of drug-likeness (QED) is 0.225. The van der Waals surface area contributed by atoms with Gasteiger partial charge in [0.1, 0.15) is 0 Å². The Labute approximate surface area is 197 Å². The number of thioether (sulfide) groups is 1. The van der Waals surface area contributed by atoms with Gasteiger partial charge in [-0.05, 0) is 30.7 Å². The van der Waals surface area contributed by atoms with Gasteiger partial charge in [0.05, 0.1) is 11.5 Å². The highest BCUT2D eigenvalue weighted by atomic mass is 32.2. The van der Waals surface area contributed by atoms with Gasteiger partial charge < -0.3 is 0 Å². The smallest absolute Gasteiger partial charge is 0.250 e. The van der Waals surface area contributed by atoms with Crippen LogP contribution in [-0.4, -0.2) is 32.1 Å². The molecule has 4 aromatic rings. The number of aromatic nitrogens is 3. The minimum atomic E-state index is -0.212. The summed E-state index contributed by atoms with van der Waals surface area (Å²) in [5.74, 6) is 0.680. The number of rotatable bonds is 8. The van der Waals surface area contributed by atoms with Gasteiger partial charge in [-0.1, -0.05) is 96.7 Å². The van der Waals surface area contributed by atoms with E-state index in [0.29, 0.717) is 10.9 Å². The summed E-state index contributed by atoms with van der Waals surface area (Å²) in [5, 5.41) is 13.5. The van der Waals surface area contributed by atoms with Crippen LogP contribution in [0.4, 0.5) is 0 Å². The third-order valence-corrected chi connectivity index (χ3v) is 5.61. The molecule has 0 saturated carbocycles. The van der Waals surface area contributed by atoms with Gasteiger partial charge in [-0.25, -0.2) is 5.43 Å². The van der Waals surface area contributed by atoms with Crippen molar-refractivity contribution in [2.45, 2.75) is 12.1 Å². The van der Waals surface area contributed by atoms with Crippen molar-refractivity contribution in [3.63, 3.8) is 0 Å². The van der Waals surface area contributed by atoms with Crippen molar-refractivity contribution in [2.24, 2.45) is 5.10 Å². The third kappa shape index (κ3) is 6.05. The highest BCUT2D eigenvalue weighted by Gasteiger charge is 2.17. The number of carbonyl (C=O) groups excluding carboxylic acids is 1. The lowest BCUT2D eigenvalue weighted by Crippen LogP contribution is -2.20. The van der Waals surface area contributed by atoms with Crippen molar-refractivity contribution in [3.8, 4) is 17.1 Å². The van der Waals surface area contributed by atoms with Gasteiger partial charge in [0.15, 0.2) is 11.0 Å². The summed E-state index contributed by atoms with van der Waals surface area (Å²) >= 11 is 1.32. The van der Waals surface area contributed by atoms with Crippen LogP contribution in [0.3, 0.4) is 0 Å². The lowest BCUT2D eigenvalue weighted by molar-refractivity contribution is -0.118. The summed E-state index contributed by atoms with van der Waals surface area (Å²) in [7, 11) is 0. The average Bonchev–Trinajstić information content (AvgIpc) is 3.30. The molecule has 0 spiro atoms. The van der Waals surface area contributed by atoms with E-state index in [1.807, 2.05) is 115 Å². The Kier molecular flexibility index (Phi) is 7.45. The summed E-state index contributed by atoms with van der Waals surface area (Å²) in [4.78, 5) is 12.4. The van der Waals surface area contributed by atoms with E-state index < -0.39 is 0 Å². The third-order valence-electron chi connectivity index (χ3n) is 4.69. The molecule has 164 valence electrons. The number of benzene rings is 3. The molecule has 1 amide bonds. The Morgan fingerprint density at radius 1 is 0.939 bits per heavy atom. The Morgan fingerprint density at radius 2 is 1.58 bits per heavy atom. The Hall–Kier alpha value is -3.97. The normalized spacial score (nSPS) is 11.6. The molecule has 1 N–H and O–H groups in total. The zero-order valence-corrected chi connectivity index (χ0v) is 18.9. The van der Waals surface area contributed by atoms with E-state index in [0.717, 1.165) is 22.6 Å². The number of para-hydroxylation sites is 1. The number of carbonyl (C=O) groups is 1. The van der Waals surface area contributed by atoms with Crippen LogP contribution in [0, 0.1) is 0 Å². The molecular weight excluding hydrogens is 430 g/mol. The van der Waals surface area contributed by atoms with Crippen LogP contribution in [0.2, 0.25) is 0 Å². The Balaban J connectivity index is 1.44. The second-order valence-corrected chi connectivity index (χ2v) is 8.11. The van der Waals surface area contributed by atoms with Crippen LogP contribution in [0.25, 0.3) is 23.2 Å². The molecule has 0 bridgehead atoms. The van der Waals surface area contributed by atoms with Crippen molar-refractivity contribution in [3.05, 3.63) is 103 Å². The predicted molar refractivity (Wildman–Crippen MR) is 134 cm³/mol. The number of allylic oxidation sites excluding steroid dienone is 1. The summed E-state index contributed by atoms with van der Waals surface area (Å²) in [6, 6.07) is 29.7. The van der Waals surface area contributed by atoms with Crippen molar-refractivity contribution in [1.29, 1.82) is 0 Å². The van der Waals surface area contributed by atoms with Crippen LogP contribution in [-0.2, 0) is 4.79 Å². The van der Waals surface area contributed by atoms with Crippen molar-refractivity contribution in [1.82, 2.24) is 20.2 Å². The van der Waals surface area contributed by atoms with Gasteiger partial charge in [-0.15, -0.1) is 10.2 Å². The minimum absolute atomic E-state index is 0.166. The molecule has 0 radical (unpaired) electrons. The maximum absolute atomic E-state index is 12.4. The number of hydrogen-bond donors (Lipinski definition) is 1. The van der Waals surface area contributed by atoms with E-state index in [2.05, 4.69) is 20.7 Å². The molecule has 0 aliphatic heterocycles. The fourth-order valence-electron chi connectivity index (χ4n) is 3.08. The molecule has 0 fully saturated rings. The second kappa shape index (κ2) is 11.1. The number of hydrogen-bond acceptors (Lipinski definition) is 5. The highest BCUT2D eigenvalue weighted by Crippen LogP contribution is 2.27. The van der Waals surface area contributed by atoms with Crippen LogP contribution < -0.4 is 5.43 Å². The van der Waals surface area contributed by atoms with Gasteiger partial charge in [-0.2, -0.15) is 5.10 Å². The highest BCUT2D eigenvalue weighted by molar-refractivity contribution is 7.99. The van der Waals surface area contributed by atoms with E-state index in [1.54, 1.807) is 0 Å². The lowest BCUT2D eigenvalue weighted by atomic mass is 10.2. The molecule has 0 aliphatic carbocycles. The standard InChI is InChI=1S/C26H23N5OS/c1-20(17-18-21-11-5-2-6-12-21)27-28-24(32)19-33-26-30-29-25(22-13-7-3-8-14-22)31(26)23-15-9-4-10-16-23/h2-18H,19H2,1H3,(H,28,32)/b18-17+,27-20+. The molecule has 0 saturated heterocycles. The van der Waals surface area contributed by atoms with Gasteiger partial charge in [0.2, 0.25) is 0 Å². The fraction of sp³-hybridized carbons (Fsp3) is 0.0769. The molecule has 0 unspecified atom stereocenters. The van der Waals surface area contributed by atoms with E-state index in [1.165, 1.54) is 11.8 Å². The lowest BCUT2D eigenvalue weighted by Gasteiger charge is -2.10. The van der Waals surface area contributed by atoms with E-state index >= 15 is 0 Å². The summed E-state index contributed by atoms with van der Waals surface area (Å²) < 4.78 is 1.96. The number of amides is 1. The second-order valence-electron chi connectivity index (χ2n) is 7.16. The summed E-state index contributed by atoms with van der Waals surface area (Å²) in [6.45, 7) is 1.84. The molecule has 33 heavy (non-hydrogen) atoms. The first-order valence-corrected chi connectivity index (χ1v) is 11.4. The number of hydrazone groups is 1. The molecule has 1 aromatic heterocycles. The van der Waals surface area contributed by atoms with Gasteiger partial charge in [-0.3, -0.25) is 9.36 Å². The number of nitrogens with zero attached hydrogens (tertiary/aromatic N) is 4. The first-order chi connectivity index (χ1) is 16.2. The molecule has 1 heterocycles. The zero-order valence-electron chi connectivity index (χ0n) is 18.1. The fourth-order valence-corrected chi connectivity index (χ4v) is 3.82. The van der Waals surface area contributed by atoms with Crippen molar-refractivity contribution >= 4 is 29.5 Å². The summed E-state index contributed by atoms with van der Waals surface area (Å²) in [6.07, 6.45) is 3.81. The van der Waals surface area contributed by atoms with E-state index in [4.69, 9.17) is 0 Å². The minimum Gasteiger partial charge on any atom is -0.272 e. The SMILES string of the molecule is CC(/C=C/c1ccccc1)=N\NC(=O)CSc1nnc(-c2ccccc2)n1-c1ccccc1. The first kappa shape index (κ1) is 22.2. The van der Waals surface area contributed by atoms with Gasteiger partial charge in [0, 0.05) is 11.3 Å². The zero-order chi connectivity index (χ0) is 22.9. The molecule has 0 atom stereocenters. The monoisotopic (exact) mass is 453 g/mol. The molecule has 3 aromatic carbocycles. The molecule has 0 aliphatic rings. The van der Waals surface area contributed by atoms with Gasteiger partial charge in [0.25, 0.3) is 5.91 Å². The molecular formula is C26H23N5OS. The van der Waals surface area contributed by atoms with E-state index in [9.17, 15) is 4.79 Å². The molecule has 6 nitrogen and oxygen atoms in total. The van der Waals surface area contributed by atoms with E-state index in [-0.39, 0.29) is 11.7 Å². The predicted octanol–water partition coefficient (Wildman–Crippen LogP) is 5.23. The molecule has 4 rings (SSSR count). The summed E-state index contributed by atoms with van der Waals surface area (Å²) in [5.41, 5.74) is 6.27. The maximum Gasteiger partial charge on any atom is 0.250 e. The average molecular weight is 454 g/mol. The van der Waals surface area contributed by atoms with Gasteiger partial charge >= 0.3 is 0 Å². The molecule has 7 heteroatoms. The Morgan fingerprint density at radius 3 is 2.27 bits per heavy atom. The largest absolute Gasteiger partial charge is 0.272 e. The van der Waals surface area contributed by atoms with Crippen molar-refractivity contribution in [2.75, 3.05) is 5.75 Å². The maximum atomic E-state index is 12.4. The number of nitrogens with one attached hydrogen (secondary N) is 1. The van der Waals surface area contributed by atoms with Crippen LogP contribution in [0.5, 0.6) is 0 Å². The first-order valence-electron chi connectivity index (χ1n) is 10.5. The topological polar surface area (TPSA) is 72.2 Å². The van der Waals surface area contributed by atoms with Crippen LogP contribution in [0.15, 0.2) is 107 Å². The van der Waals surface area contributed by atoms with Crippen LogP contribution in [0.1, 0.15) is 12.5 Å².